The molecule has 0 spiro atoms. The van der Waals surface area contributed by atoms with Gasteiger partial charge in [-0.2, -0.15) is 0 Å². The molecule has 0 aromatic carbocycles. The predicted octanol–water partition coefficient (Wildman–Crippen LogP) is 15.9. The van der Waals surface area contributed by atoms with Crippen molar-refractivity contribution in [3.8, 4) is 0 Å². The second-order valence-corrected chi connectivity index (χ2v) is 19.1. The number of hydrogen-bond donors (Lipinski definition) is 1. The maximum absolute atomic E-state index is 12.8. The number of carbonyl (C=O) groups excluding carboxylic acids is 2. The summed E-state index contributed by atoms with van der Waals surface area (Å²) in [6, 6.07) is -0.623. The number of carbonyl (C=O) groups is 3. The highest BCUT2D eigenvalue weighted by Gasteiger charge is 2.31. The quantitative estimate of drug-likeness (QED) is 0.0281. The van der Waals surface area contributed by atoms with Gasteiger partial charge >= 0.3 is 17.9 Å². The molecule has 0 rings (SSSR count). The molecule has 0 aromatic heterocycles. The average Bonchev–Trinajstić information content (AvgIpc) is 3.28. The van der Waals surface area contributed by atoms with E-state index in [9.17, 15) is 19.5 Å². The van der Waals surface area contributed by atoms with Crippen molar-refractivity contribution in [3.05, 3.63) is 72.9 Å². The van der Waals surface area contributed by atoms with Crippen LogP contribution in [0.2, 0.25) is 0 Å². The van der Waals surface area contributed by atoms with Crippen molar-refractivity contribution in [1.82, 2.24) is 0 Å². The van der Waals surface area contributed by atoms with Crippen molar-refractivity contribution in [3.63, 3.8) is 0 Å². The van der Waals surface area contributed by atoms with Gasteiger partial charge in [0, 0.05) is 19.3 Å². The summed E-state index contributed by atoms with van der Waals surface area (Å²) in [6.07, 6.45) is 62.4. The van der Waals surface area contributed by atoms with Crippen molar-refractivity contribution in [1.29, 1.82) is 0 Å². The van der Waals surface area contributed by atoms with Gasteiger partial charge in [-0.25, -0.2) is 4.79 Å². The fourth-order valence-electron chi connectivity index (χ4n) is 7.74. The lowest BCUT2D eigenvalue weighted by Crippen LogP contribution is -2.50. The number of ether oxygens (including phenoxy) is 3. The molecule has 0 saturated heterocycles. The number of aliphatic carboxylic acids is 1. The molecular weight excluding hydrogens is 823 g/mol. The van der Waals surface area contributed by atoms with Crippen molar-refractivity contribution in [2.75, 3.05) is 41.0 Å². The SMILES string of the molecule is CC/C=C/C/C=C/C/C=C/C/C=C/C/C=C/C/C=C/CCCCCCC(=O)OC(COCCC(C(=O)O)[N+](C)(C)C)COC(=O)CCCCCCCCCCCCCCCCCCCCC. The maximum Gasteiger partial charge on any atom is 0.362 e. The smallest absolute Gasteiger partial charge is 0.362 e. The molecular formula is C58H102NO7+. The summed E-state index contributed by atoms with van der Waals surface area (Å²) in [5.41, 5.74) is 0. The van der Waals surface area contributed by atoms with Gasteiger partial charge < -0.3 is 23.8 Å². The largest absolute Gasteiger partial charge is 0.477 e. The van der Waals surface area contributed by atoms with Gasteiger partial charge in [0.05, 0.1) is 34.4 Å². The van der Waals surface area contributed by atoms with Crippen LogP contribution in [-0.4, -0.2) is 80.6 Å². The zero-order valence-corrected chi connectivity index (χ0v) is 43.4. The molecule has 0 aliphatic carbocycles. The van der Waals surface area contributed by atoms with Gasteiger partial charge in [0.1, 0.15) is 6.61 Å². The topological polar surface area (TPSA) is 99.1 Å². The summed E-state index contributed by atoms with van der Waals surface area (Å²) < 4.78 is 17.4. The number of carboxylic acids is 1. The Morgan fingerprint density at radius 2 is 0.848 bits per heavy atom. The Labute approximate surface area is 406 Å². The van der Waals surface area contributed by atoms with Gasteiger partial charge in [0.15, 0.2) is 12.1 Å². The lowest BCUT2D eigenvalue weighted by atomic mass is 10.0. The van der Waals surface area contributed by atoms with Crippen molar-refractivity contribution < 1.29 is 38.2 Å². The van der Waals surface area contributed by atoms with Crippen LogP contribution in [0, 0.1) is 0 Å². The van der Waals surface area contributed by atoms with Crippen molar-refractivity contribution in [2.45, 2.75) is 238 Å². The number of nitrogens with zero attached hydrogens (tertiary/aromatic N) is 1. The molecule has 2 atom stereocenters. The van der Waals surface area contributed by atoms with E-state index in [1.54, 1.807) is 0 Å². The number of esters is 2. The Balaban J connectivity index is 4.28. The Morgan fingerprint density at radius 3 is 1.26 bits per heavy atom. The second-order valence-electron chi connectivity index (χ2n) is 19.1. The Kier molecular flexibility index (Phi) is 45.9. The van der Waals surface area contributed by atoms with Gasteiger partial charge in [-0.05, 0) is 64.2 Å². The third-order valence-corrected chi connectivity index (χ3v) is 11.9. The number of unbranched alkanes of at least 4 members (excludes halogenated alkanes) is 22. The summed E-state index contributed by atoms with van der Waals surface area (Å²) in [5.74, 6) is -1.49. The van der Waals surface area contributed by atoms with E-state index in [4.69, 9.17) is 14.2 Å². The molecule has 0 aromatic rings. The first-order chi connectivity index (χ1) is 32.1. The molecule has 0 radical (unpaired) electrons. The molecule has 0 aliphatic rings. The van der Waals surface area contributed by atoms with Crippen LogP contribution in [0.1, 0.15) is 226 Å². The molecule has 2 unspecified atom stereocenters. The van der Waals surface area contributed by atoms with E-state index in [0.29, 0.717) is 19.3 Å². The molecule has 66 heavy (non-hydrogen) atoms. The summed E-state index contributed by atoms with van der Waals surface area (Å²) in [6.45, 7) is 4.62. The van der Waals surface area contributed by atoms with E-state index in [1.165, 1.54) is 103 Å². The minimum absolute atomic E-state index is 0.0493. The zero-order chi connectivity index (χ0) is 48.4. The Bertz CT molecular complexity index is 1310. The van der Waals surface area contributed by atoms with E-state index in [1.807, 2.05) is 21.1 Å². The van der Waals surface area contributed by atoms with Crippen LogP contribution in [0.4, 0.5) is 0 Å². The first kappa shape index (κ1) is 62.8. The predicted molar refractivity (Wildman–Crippen MR) is 280 cm³/mol. The third-order valence-electron chi connectivity index (χ3n) is 11.9. The number of likely N-dealkylation sites (N-methyl/N-ethyl adjacent to an activating group) is 1. The lowest BCUT2D eigenvalue weighted by molar-refractivity contribution is -0.887. The molecule has 0 saturated carbocycles. The highest BCUT2D eigenvalue weighted by molar-refractivity contribution is 5.72. The summed E-state index contributed by atoms with van der Waals surface area (Å²) >= 11 is 0. The zero-order valence-electron chi connectivity index (χ0n) is 43.4. The van der Waals surface area contributed by atoms with E-state index in [2.05, 4.69) is 86.8 Å². The van der Waals surface area contributed by atoms with Crippen LogP contribution in [0.3, 0.4) is 0 Å². The first-order valence-corrected chi connectivity index (χ1v) is 27.0. The number of allylic oxidation sites excluding steroid dienone is 12. The standard InChI is InChI=1S/C58H101NO7/c1-6-8-10-12-14-16-18-20-22-24-26-27-28-29-31-33-35-37-39-41-43-45-47-49-57(61)66-54(52-64-51-50-55(58(62)63)59(3,4)5)53-65-56(60)48-46-44-42-40-38-36-34-32-30-25-23-21-19-17-15-13-11-9-7-2/h8,10,14,16,20,22,26-27,29,31,35,37,54-55H,6-7,9,11-13,15,17-19,21,23-25,28,30,32-34,36,38-53H2,1-5H3/p+1/b10-8+,16-14+,22-20+,27-26+,31-29+,37-35+. The van der Waals surface area contributed by atoms with E-state index >= 15 is 0 Å². The summed E-state index contributed by atoms with van der Waals surface area (Å²) in [7, 11) is 5.53. The molecule has 8 heteroatoms. The minimum Gasteiger partial charge on any atom is -0.477 e. The van der Waals surface area contributed by atoms with E-state index in [0.717, 1.165) is 89.9 Å². The van der Waals surface area contributed by atoms with Crippen molar-refractivity contribution in [2.24, 2.45) is 0 Å². The van der Waals surface area contributed by atoms with Crippen LogP contribution in [0.25, 0.3) is 0 Å². The van der Waals surface area contributed by atoms with E-state index in [-0.39, 0.29) is 36.2 Å². The van der Waals surface area contributed by atoms with Gasteiger partial charge in [-0.1, -0.05) is 215 Å². The van der Waals surface area contributed by atoms with Crippen LogP contribution in [0.15, 0.2) is 72.9 Å². The Morgan fingerprint density at radius 1 is 0.470 bits per heavy atom. The molecule has 0 aliphatic heterocycles. The van der Waals surface area contributed by atoms with E-state index < -0.39 is 18.1 Å². The maximum atomic E-state index is 12.8. The van der Waals surface area contributed by atoms with Crippen LogP contribution in [-0.2, 0) is 28.6 Å². The molecule has 0 heterocycles. The fraction of sp³-hybridized carbons (Fsp3) is 0.741. The lowest BCUT2D eigenvalue weighted by Gasteiger charge is -2.31. The minimum atomic E-state index is -0.879. The monoisotopic (exact) mass is 925 g/mol. The van der Waals surface area contributed by atoms with Crippen LogP contribution in [0.5, 0.6) is 0 Å². The fourth-order valence-corrected chi connectivity index (χ4v) is 7.74. The number of quaternary nitrogens is 1. The second kappa shape index (κ2) is 48.2. The molecule has 0 amide bonds. The van der Waals surface area contributed by atoms with Crippen LogP contribution >= 0.6 is 0 Å². The highest BCUT2D eigenvalue weighted by Crippen LogP contribution is 2.16. The average molecular weight is 925 g/mol. The summed E-state index contributed by atoms with van der Waals surface area (Å²) in [5, 5.41) is 9.67. The van der Waals surface area contributed by atoms with Gasteiger partial charge in [0.2, 0.25) is 0 Å². The summed E-state index contributed by atoms with van der Waals surface area (Å²) in [4.78, 5) is 37.2. The molecule has 0 fully saturated rings. The molecule has 380 valence electrons. The third kappa shape index (κ3) is 45.9. The molecule has 0 bridgehead atoms. The molecule has 8 nitrogen and oxygen atoms in total. The normalized spacial score (nSPS) is 13.4. The highest BCUT2D eigenvalue weighted by atomic mass is 16.6. The van der Waals surface area contributed by atoms with Crippen molar-refractivity contribution >= 4 is 17.9 Å². The van der Waals surface area contributed by atoms with Crippen LogP contribution < -0.4 is 0 Å². The number of rotatable bonds is 48. The number of hydrogen-bond acceptors (Lipinski definition) is 6. The van der Waals surface area contributed by atoms with Gasteiger partial charge in [-0.15, -0.1) is 0 Å². The Hall–Kier alpha value is -3.23. The first-order valence-electron chi connectivity index (χ1n) is 27.0. The van der Waals surface area contributed by atoms with Gasteiger partial charge in [-0.3, -0.25) is 9.59 Å². The molecule has 1 N–H and O–H groups in total. The van der Waals surface area contributed by atoms with Gasteiger partial charge in [0.25, 0.3) is 0 Å². The number of carboxylic acid groups (broad SMARTS) is 1.